The van der Waals surface area contributed by atoms with E-state index in [2.05, 4.69) is 22.4 Å². The minimum atomic E-state index is -4.22. The number of carbonyl (C=O) groups excluding carboxylic acids is 2. The number of fused-ring (bicyclic) bond motifs is 1. The third-order valence-electron chi connectivity index (χ3n) is 11.3. The number of morpholine rings is 1. The molecule has 0 bridgehead atoms. The molecule has 6 rings (SSSR count). The summed E-state index contributed by atoms with van der Waals surface area (Å²) in [5.74, 6) is -0.450. The van der Waals surface area contributed by atoms with E-state index in [9.17, 15) is 9.59 Å². The van der Waals surface area contributed by atoms with Crippen LogP contribution in [0.2, 0.25) is 0 Å². The van der Waals surface area contributed by atoms with Gasteiger partial charge in [-0.3, -0.25) is 9.59 Å². The molecule has 1 aliphatic rings. The van der Waals surface area contributed by atoms with Crippen molar-refractivity contribution in [1.29, 1.82) is 0 Å². The smallest absolute Gasteiger partial charge is 0.254 e. The van der Waals surface area contributed by atoms with Crippen LogP contribution in [0.4, 0.5) is 0 Å². The Kier molecular flexibility index (Phi) is 15.8. The first kappa shape index (κ1) is 44.1. The van der Waals surface area contributed by atoms with Gasteiger partial charge in [0, 0.05) is 25.6 Å². The molecule has 1 atom stereocenters. The molecule has 59 heavy (non-hydrogen) atoms. The first-order valence-corrected chi connectivity index (χ1v) is 23.8. The van der Waals surface area contributed by atoms with Crippen LogP contribution in [0.15, 0.2) is 71.1 Å². The van der Waals surface area contributed by atoms with E-state index in [1.807, 2.05) is 66.4 Å². The Morgan fingerprint density at radius 3 is 2.10 bits per heavy atom. The topological polar surface area (TPSA) is 145 Å². The maximum atomic E-state index is 15.1. The number of rotatable bonds is 22. The van der Waals surface area contributed by atoms with E-state index in [0.717, 1.165) is 47.1 Å². The summed E-state index contributed by atoms with van der Waals surface area (Å²) in [6.07, 6.45) is 13.5. The number of sulfone groups is 1. The standard InChI is InChI=1S/C46H59N5O6S2/c1-4-5-6-7-8-9-10-11-12-13-14-18-25-46(44(53)47-32-42-50-49-35(3)57-42,59(54,55)33-36-19-16-15-17-20-36)45-48-40-30-34(2)39(31-41(40)58-45)37-21-23-38(24-22-37)43(52)51-26-28-56-29-27-51/h15-17,19-24,30-31H,4-14,18,25-29,32-33H2,1-3H3,(H,47,53). The molecule has 0 radical (unpaired) electrons. The van der Waals surface area contributed by atoms with Crippen LogP contribution >= 0.6 is 11.3 Å². The number of carbonyl (C=O) groups is 2. The number of ether oxygens (including phenoxy) is 1. The maximum Gasteiger partial charge on any atom is 0.254 e. The quantitative estimate of drug-likeness (QED) is 0.0674. The second-order valence-electron chi connectivity index (χ2n) is 15.7. The highest BCUT2D eigenvalue weighted by molar-refractivity contribution is 7.92. The lowest BCUT2D eigenvalue weighted by atomic mass is 9.97. The van der Waals surface area contributed by atoms with E-state index in [1.54, 1.807) is 19.1 Å². The monoisotopic (exact) mass is 841 g/mol. The fraction of sp³-hybridized carbons (Fsp3) is 0.500. The number of hydrogen-bond donors (Lipinski definition) is 1. The van der Waals surface area contributed by atoms with Gasteiger partial charge in [-0.1, -0.05) is 126 Å². The number of thiazole rings is 1. The van der Waals surface area contributed by atoms with Gasteiger partial charge in [-0.05, 0) is 59.9 Å². The fourth-order valence-electron chi connectivity index (χ4n) is 7.89. The molecule has 5 aromatic rings. The summed E-state index contributed by atoms with van der Waals surface area (Å²) in [6, 6.07) is 20.6. The fourth-order valence-corrected chi connectivity index (χ4v) is 11.5. The normalized spacial score (nSPS) is 14.4. The first-order valence-electron chi connectivity index (χ1n) is 21.3. The van der Waals surface area contributed by atoms with Gasteiger partial charge in [0.15, 0.2) is 9.84 Å². The second-order valence-corrected chi connectivity index (χ2v) is 19.0. The van der Waals surface area contributed by atoms with Gasteiger partial charge in [-0.2, -0.15) is 0 Å². The van der Waals surface area contributed by atoms with Crippen LogP contribution in [0, 0.1) is 13.8 Å². The Bertz CT molecular complexity index is 2230. The van der Waals surface area contributed by atoms with Crippen molar-refractivity contribution in [2.24, 2.45) is 0 Å². The van der Waals surface area contributed by atoms with Gasteiger partial charge in [0.05, 0.1) is 35.7 Å². The molecule has 3 aromatic carbocycles. The Hall–Kier alpha value is -4.46. The van der Waals surface area contributed by atoms with Crippen LogP contribution in [-0.4, -0.2) is 66.6 Å². The molecule has 1 saturated heterocycles. The highest BCUT2D eigenvalue weighted by Gasteiger charge is 2.54. The van der Waals surface area contributed by atoms with Gasteiger partial charge in [0.1, 0.15) is 5.01 Å². The van der Waals surface area contributed by atoms with Crippen molar-refractivity contribution < 1.29 is 27.2 Å². The van der Waals surface area contributed by atoms with Crippen LogP contribution in [-0.2, 0) is 36.4 Å². The van der Waals surface area contributed by atoms with Crippen LogP contribution in [0.5, 0.6) is 0 Å². The summed E-state index contributed by atoms with van der Waals surface area (Å²) >= 11 is 1.25. The SMILES string of the molecule is CCCCCCCCCCCCCCC(C(=O)NCc1nnc(C)o1)(c1nc2cc(C)c(-c3ccc(C(=O)N4CCOCC4)cc3)cc2s1)S(=O)(=O)Cc1ccccc1. The lowest BCUT2D eigenvalue weighted by Gasteiger charge is -2.30. The van der Waals surface area contributed by atoms with E-state index < -0.39 is 20.5 Å². The Morgan fingerprint density at radius 2 is 1.47 bits per heavy atom. The number of aryl methyl sites for hydroxylation is 2. The Balaban J connectivity index is 1.29. The molecule has 0 saturated carbocycles. The van der Waals surface area contributed by atoms with Gasteiger partial charge in [-0.25, -0.2) is 13.4 Å². The zero-order valence-corrected chi connectivity index (χ0v) is 36.5. The predicted octanol–water partition coefficient (Wildman–Crippen LogP) is 9.65. The van der Waals surface area contributed by atoms with Crippen molar-refractivity contribution in [2.45, 2.75) is 121 Å². The van der Waals surface area contributed by atoms with E-state index >= 15 is 8.42 Å². The summed E-state index contributed by atoms with van der Waals surface area (Å²) in [7, 11) is -4.22. The van der Waals surface area contributed by atoms with E-state index in [4.69, 9.17) is 14.1 Å². The molecule has 1 aliphatic heterocycles. The molecule has 0 aliphatic carbocycles. The first-order chi connectivity index (χ1) is 28.6. The zero-order chi connectivity index (χ0) is 41.7. The average molecular weight is 842 g/mol. The highest BCUT2D eigenvalue weighted by atomic mass is 32.2. The summed E-state index contributed by atoms with van der Waals surface area (Å²) < 4.78 is 39.9. The van der Waals surface area contributed by atoms with Crippen LogP contribution in [0.25, 0.3) is 21.3 Å². The predicted molar refractivity (Wildman–Crippen MR) is 234 cm³/mol. The highest BCUT2D eigenvalue weighted by Crippen LogP contribution is 2.43. The van der Waals surface area contributed by atoms with Crippen molar-refractivity contribution in [3.05, 3.63) is 100 Å². The molecule has 0 spiro atoms. The van der Waals surface area contributed by atoms with Gasteiger partial charge >= 0.3 is 0 Å². The summed E-state index contributed by atoms with van der Waals surface area (Å²) in [5.41, 5.74) is 4.64. The van der Waals surface area contributed by atoms with E-state index in [-0.39, 0.29) is 35.5 Å². The third kappa shape index (κ3) is 11.2. The molecular formula is C46H59N5O6S2. The molecular weight excluding hydrogens is 783 g/mol. The maximum absolute atomic E-state index is 15.1. The molecule has 2 amide bonds. The molecule has 1 unspecified atom stereocenters. The van der Waals surface area contributed by atoms with Crippen molar-refractivity contribution in [1.82, 2.24) is 25.4 Å². The molecule has 11 nitrogen and oxygen atoms in total. The van der Waals surface area contributed by atoms with Crippen molar-refractivity contribution in [3.8, 4) is 11.1 Å². The number of unbranched alkanes of at least 4 members (excludes halogenated alkanes) is 11. The second kappa shape index (κ2) is 21.2. The summed E-state index contributed by atoms with van der Waals surface area (Å²) in [6.45, 7) is 7.99. The number of amides is 2. The lowest BCUT2D eigenvalue weighted by molar-refractivity contribution is -0.124. The minimum Gasteiger partial charge on any atom is -0.424 e. The zero-order valence-electron chi connectivity index (χ0n) is 34.8. The number of hydrogen-bond acceptors (Lipinski definition) is 10. The van der Waals surface area contributed by atoms with Crippen LogP contribution in [0.1, 0.15) is 129 Å². The number of nitrogens with zero attached hydrogens (tertiary/aromatic N) is 4. The Morgan fingerprint density at radius 1 is 0.831 bits per heavy atom. The number of nitrogens with one attached hydrogen (secondary N) is 1. The van der Waals surface area contributed by atoms with Crippen molar-refractivity contribution in [2.75, 3.05) is 26.3 Å². The molecule has 1 N–H and O–H groups in total. The van der Waals surface area contributed by atoms with Crippen LogP contribution < -0.4 is 5.32 Å². The molecule has 13 heteroatoms. The lowest BCUT2D eigenvalue weighted by Crippen LogP contribution is -2.50. The minimum absolute atomic E-state index is 0.0205. The van der Waals surface area contributed by atoms with E-state index in [1.165, 1.54) is 56.3 Å². The average Bonchev–Trinajstić information content (AvgIpc) is 3.86. The van der Waals surface area contributed by atoms with Gasteiger partial charge in [-0.15, -0.1) is 21.5 Å². The third-order valence-corrected chi connectivity index (χ3v) is 14.9. The Labute approximate surface area is 353 Å². The van der Waals surface area contributed by atoms with Crippen molar-refractivity contribution in [3.63, 3.8) is 0 Å². The van der Waals surface area contributed by atoms with Gasteiger partial charge < -0.3 is 19.4 Å². The summed E-state index contributed by atoms with van der Waals surface area (Å²) in [5, 5.41) is 11.1. The molecule has 1 fully saturated rings. The van der Waals surface area contributed by atoms with E-state index in [0.29, 0.717) is 55.3 Å². The van der Waals surface area contributed by atoms with Gasteiger partial charge in [0.25, 0.3) is 5.91 Å². The molecule has 2 aromatic heterocycles. The largest absolute Gasteiger partial charge is 0.424 e. The number of aromatic nitrogens is 3. The summed E-state index contributed by atoms with van der Waals surface area (Å²) in [4.78, 5) is 34.7. The number of benzene rings is 3. The molecule has 316 valence electrons. The van der Waals surface area contributed by atoms with Gasteiger partial charge in [0.2, 0.25) is 22.4 Å². The van der Waals surface area contributed by atoms with Crippen molar-refractivity contribution >= 4 is 43.2 Å². The molecule has 3 heterocycles. The van der Waals surface area contributed by atoms with Crippen LogP contribution in [0.3, 0.4) is 0 Å².